The number of methoxy groups -OCH3 is 3. The van der Waals surface area contributed by atoms with Crippen LogP contribution >= 0.6 is 0 Å². The van der Waals surface area contributed by atoms with Crippen molar-refractivity contribution in [2.75, 3.05) is 34.4 Å². The monoisotopic (exact) mass is 334 g/mol. The molecule has 2 heterocycles. The third-order valence-electron chi connectivity index (χ3n) is 4.96. The molecule has 2 unspecified atom stereocenters. The molecule has 0 spiro atoms. The van der Waals surface area contributed by atoms with Gasteiger partial charge in [0, 0.05) is 25.2 Å². The van der Waals surface area contributed by atoms with Crippen molar-refractivity contribution < 1.29 is 19.0 Å². The first-order valence-corrected chi connectivity index (χ1v) is 8.47. The number of nitrogens with one attached hydrogen (secondary N) is 1. The Bertz CT molecular complexity index is 580. The lowest BCUT2D eigenvalue weighted by Gasteiger charge is -2.24. The Morgan fingerprint density at radius 1 is 1.08 bits per heavy atom. The van der Waals surface area contributed by atoms with Crippen LogP contribution in [0.25, 0.3) is 0 Å². The summed E-state index contributed by atoms with van der Waals surface area (Å²) < 4.78 is 16.1. The zero-order valence-corrected chi connectivity index (χ0v) is 14.6. The van der Waals surface area contributed by atoms with Gasteiger partial charge in [0.25, 0.3) is 0 Å². The molecule has 2 aliphatic heterocycles. The van der Waals surface area contributed by atoms with Gasteiger partial charge >= 0.3 is 0 Å². The number of amides is 1. The molecule has 2 aliphatic rings. The van der Waals surface area contributed by atoms with Gasteiger partial charge in [-0.25, -0.2) is 0 Å². The number of carbonyl (C=O) groups is 1. The summed E-state index contributed by atoms with van der Waals surface area (Å²) in [5.74, 6) is 1.86. The molecule has 2 fully saturated rings. The first kappa shape index (κ1) is 16.9. The molecule has 132 valence electrons. The molecule has 0 saturated carbocycles. The van der Waals surface area contributed by atoms with Gasteiger partial charge in [-0.05, 0) is 37.0 Å². The highest BCUT2D eigenvalue weighted by Gasteiger charge is 2.31. The summed E-state index contributed by atoms with van der Waals surface area (Å²) in [7, 11) is 4.74. The number of nitrogens with zero attached hydrogens (tertiary/aromatic N) is 1. The number of likely N-dealkylation sites (tertiary alicyclic amines) is 1. The van der Waals surface area contributed by atoms with Gasteiger partial charge < -0.3 is 24.4 Å². The molecule has 1 N–H and O–H groups in total. The Morgan fingerprint density at radius 3 is 2.38 bits per heavy atom. The van der Waals surface area contributed by atoms with Crippen LogP contribution in [0.1, 0.15) is 24.8 Å². The second-order valence-electron chi connectivity index (χ2n) is 6.48. The SMILES string of the molecule is COc1cc(CC(=O)N2CCC3CCC(C2)N3)cc(OC)c1OC. The van der Waals surface area contributed by atoms with E-state index in [-0.39, 0.29) is 5.91 Å². The third kappa shape index (κ3) is 3.43. The van der Waals surface area contributed by atoms with Crippen LogP contribution < -0.4 is 19.5 Å². The average molecular weight is 334 g/mol. The Hall–Kier alpha value is -1.95. The highest BCUT2D eigenvalue weighted by molar-refractivity contribution is 5.79. The van der Waals surface area contributed by atoms with E-state index in [4.69, 9.17) is 14.2 Å². The lowest BCUT2D eigenvalue weighted by Crippen LogP contribution is -2.39. The zero-order valence-electron chi connectivity index (χ0n) is 14.6. The predicted octanol–water partition coefficient (Wildman–Crippen LogP) is 1.61. The van der Waals surface area contributed by atoms with Crippen LogP contribution in [0.3, 0.4) is 0 Å². The second kappa shape index (κ2) is 7.30. The van der Waals surface area contributed by atoms with Crippen molar-refractivity contribution in [1.29, 1.82) is 0 Å². The van der Waals surface area contributed by atoms with Crippen molar-refractivity contribution in [3.8, 4) is 17.2 Å². The summed E-state index contributed by atoms with van der Waals surface area (Å²) in [4.78, 5) is 14.7. The van der Waals surface area contributed by atoms with Gasteiger partial charge in [-0.1, -0.05) is 0 Å². The standard InChI is InChI=1S/C18H26N2O4/c1-22-15-8-12(9-16(23-2)18(15)24-3)10-17(21)20-7-6-13-4-5-14(11-20)19-13/h8-9,13-14,19H,4-7,10-11H2,1-3H3. The highest BCUT2D eigenvalue weighted by Crippen LogP contribution is 2.38. The van der Waals surface area contributed by atoms with E-state index in [0.717, 1.165) is 25.1 Å². The van der Waals surface area contributed by atoms with Crippen LogP contribution in [0.4, 0.5) is 0 Å². The maximum absolute atomic E-state index is 12.7. The molecule has 3 rings (SSSR count). The number of rotatable bonds is 5. The molecule has 24 heavy (non-hydrogen) atoms. The van der Waals surface area contributed by atoms with E-state index in [1.165, 1.54) is 12.8 Å². The highest BCUT2D eigenvalue weighted by atomic mass is 16.5. The van der Waals surface area contributed by atoms with Crippen molar-refractivity contribution in [2.45, 2.75) is 37.8 Å². The molecule has 1 aromatic carbocycles. The van der Waals surface area contributed by atoms with Crippen molar-refractivity contribution >= 4 is 5.91 Å². The maximum Gasteiger partial charge on any atom is 0.227 e. The van der Waals surface area contributed by atoms with Crippen molar-refractivity contribution in [3.63, 3.8) is 0 Å². The van der Waals surface area contributed by atoms with Gasteiger partial charge in [0.15, 0.2) is 11.5 Å². The summed E-state index contributed by atoms with van der Waals surface area (Å²) in [6.45, 7) is 1.64. The molecule has 0 radical (unpaired) electrons. The molecule has 0 aromatic heterocycles. The van der Waals surface area contributed by atoms with E-state index >= 15 is 0 Å². The fourth-order valence-electron chi connectivity index (χ4n) is 3.69. The predicted molar refractivity (Wildman–Crippen MR) is 90.9 cm³/mol. The number of benzene rings is 1. The molecule has 2 bridgehead atoms. The van der Waals surface area contributed by atoms with Crippen LogP contribution in [0, 0.1) is 0 Å². The number of fused-ring (bicyclic) bond motifs is 2. The lowest BCUT2D eigenvalue weighted by molar-refractivity contribution is -0.130. The molecule has 0 aliphatic carbocycles. The minimum Gasteiger partial charge on any atom is -0.493 e. The van der Waals surface area contributed by atoms with Crippen LogP contribution in [0.15, 0.2) is 12.1 Å². The summed E-state index contributed by atoms with van der Waals surface area (Å²) in [5, 5.41) is 3.60. The molecule has 6 nitrogen and oxygen atoms in total. The molecular weight excluding hydrogens is 308 g/mol. The van der Waals surface area contributed by atoms with E-state index in [0.29, 0.717) is 35.8 Å². The fourth-order valence-corrected chi connectivity index (χ4v) is 3.69. The third-order valence-corrected chi connectivity index (χ3v) is 4.96. The topological polar surface area (TPSA) is 60.0 Å². The van der Waals surface area contributed by atoms with E-state index in [9.17, 15) is 4.79 Å². The Kier molecular flexibility index (Phi) is 5.14. The molecule has 1 aromatic rings. The van der Waals surface area contributed by atoms with Gasteiger partial charge in [-0.15, -0.1) is 0 Å². The van der Waals surface area contributed by atoms with Crippen LogP contribution in [-0.4, -0.2) is 57.3 Å². The quantitative estimate of drug-likeness (QED) is 0.886. The van der Waals surface area contributed by atoms with Crippen LogP contribution in [0.2, 0.25) is 0 Å². The number of hydrogen-bond donors (Lipinski definition) is 1. The normalized spacial score (nSPS) is 22.9. The smallest absolute Gasteiger partial charge is 0.227 e. The molecule has 1 amide bonds. The van der Waals surface area contributed by atoms with E-state index in [2.05, 4.69) is 5.32 Å². The minimum atomic E-state index is 0.152. The van der Waals surface area contributed by atoms with E-state index < -0.39 is 0 Å². The molecule has 2 atom stereocenters. The molecule has 6 heteroatoms. The number of hydrogen-bond acceptors (Lipinski definition) is 5. The number of carbonyl (C=O) groups excluding carboxylic acids is 1. The fraction of sp³-hybridized carbons (Fsp3) is 0.611. The van der Waals surface area contributed by atoms with E-state index in [1.807, 2.05) is 17.0 Å². The van der Waals surface area contributed by atoms with Crippen LogP contribution in [0.5, 0.6) is 17.2 Å². The zero-order chi connectivity index (χ0) is 17.1. The van der Waals surface area contributed by atoms with Gasteiger partial charge in [0.2, 0.25) is 11.7 Å². The first-order chi connectivity index (χ1) is 11.6. The van der Waals surface area contributed by atoms with E-state index in [1.54, 1.807) is 21.3 Å². The van der Waals surface area contributed by atoms with Gasteiger partial charge in [-0.2, -0.15) is 0 Å². The average Bonchev–Trinajstić information content (AvgIpc) is 2.92. The first-order valence-electron chi connectivity index (χ1n) is 8.47. The minimum absolute atomic E-state index is 0.152. The Balaban J connectivity index is 1.74. The second-order valence-corrected chi connectivity index (χ2v) is 6.48. The van der Waals surface area contributed by atoms with Crippen molar-refractivity contribution in [1.82, 2.24) is 10.2 Å². The summed E-state index contributed by atoms with van der Waals surface area (Å²) in [6, 6.07) is 4.72. The molecule has 2 saturated heterocycles. The maximum atomic E-state index is 12.7. The van der Waals surface area contributed by atoms with Gasteiger partial charge in [0.1, 0.15) is 0 Å². The van der Waals surface area contributed by atoms with Crippen LogP contribution in [-0.2, 0) is 11.2 Å². The van der Waals surface area contributed by atoms with Crippen molar-refractivity contribution in [3.05, 3.63) is 17.7 Å². The van der Waals surface area contributed by atoms with Crippen molar-refractivity contribution in [2.24, 2.45) is 0 Å². The molecular formula is C18H26N2O4. The Labute approximate surface area is 143 Å². The largest absolute Gasteiger partial charge is 0.493 e. The summed E-state index contributed by atoms with van der Waals surface area (Å²) in [6.07, 6.45) is 3.78. The van der Waals surface area contributed by atoms with Gasteiger partial charge in [0.05, 0.1) is 27.8 Å². The summed E-state index contributed by atoms with van der Waals surface area (Å²) in [5.41, 5.74) is 0.872. The van der Waals surface area contributed by atoms with Gasteiger partial charge in [-0.3, -0.25) is 4.79 Å². The summed E-state index contributed by atoms with van der Waals surface area (Å²) >= 11 is 0. The Morgan fingerprint density at radius 2 is 1.75 bits per heavy atom. The number of ether oxygens (including phenoxy) is 3. The lowest BCUT2D eigenvalue weighted by atomic mass is 10.1.